The van der Waals surface area contributed by atoms with Crippen LogP contribution in [0.3, 0.4) is 0 Å². The van der Waals surface area contributed by atoms with Crippen LogP contribution in [0.1, 0.15) is 159 Å². The van der Waals surface area contributed by atoms with Gasteiger partial charge in [-0.1, -0.05) is 67.0 Å². The quantitative estimate of drug-likeness (QED) is 0.190. The van der Waals surface area contributed by atoms with Gasteiger partial charge in [-0.25, -0.2) is 0 Å². The topological polar surface area (TPSA) is 95.9 Å². The van der Waals surface area contributed by atoms with Gasteiger partial charge in [-0.3, -0.25) is 14.4 Å². The van der Waals surface area contributed by atoms with Crippen molar-refractivity contribution in [1.82, 2.24) is 10.2 Å². The molecule has 7 fully saturated rings. The van der Waals surface area contributed by atoms with Crippen molar-refractivity contribution in [2.75, 3.05) is 19.6 Å². The van der Waals surface area contributed by atoms with Crippen LogP contribution in [0.25, 0.3) is 0 Å². The molecule has 1 saturated heterocycles. The molecule has 1 amide bonds. The van der Waals surface area contributed by atoms with Gasteiger partial charge in [0.2, 0.25) is 5.91 Å². The van der Waals surface area contributed by atoms with E-state index in [2.05, 4.69) is 72.2 Å². The Morgan fingerprint density at radius 2 is 1.48 bits per heavy atom. The van der Waals surface area contributed by atoms with Crippen LogP contribution in [0.5, 0.6) is 0 Å². The highest BCUT2D eigenvalue weighted by Crippen LogP contribution is 2.77. The van der Waals surface area contributed by atoms with Gasteiger partial charge < -0.3 is 20.1 Å². The number of rotatable bonds is 8. The zero-order valence-corrected chi connectivity index (χ0v) is 35.9. The van der Waals surface area contributed by atoms with Gasteiger partial charge in [0.15, 0.2) is 0 Å². The number of carboxylic acid groups (broad SMARTS) is 1. The third kappa shape index (κ3) is 5.90. The molecule has 6 aliphatic carbocycles. The van der Waals surface area contributed by atoms with Crippen LogP contribution in [0.4, 0.5) is 0 Å². The highest BCUT2D eigenvalue weighted by atomic mass is 16.5. The fourth-order valence-electron chi connectivity index (χ4n) is 15.8. The van der Waals surface area contributed by atoms with Crippen LogP contribution in [-0.2, 0) is 19.1 Å². The van der Waals surface area contributed by atoms with E-state index < -0.39 is 17.3 Å². The van der Waals surface area contributed by atoms with Crippen molar-refractivity contribution in [3.63, 3.8) is 0 Å². The summed E-state index contributed by atoms with van der Waals surface area (Å²) in [4.78, 5) is 42.9. The lowest BCUT2D eigenvalue weighted by atomic mass is 9.32. The van der Waals surface area contributed by atoms with Crippen molar-refractivity contribution in [1.29, 1.82) is 0 Å². The van der Waals surface area contributed by atoms with Crippen molar-refractivity contribution in [2.45, 2.75) is 171 Å². The van der Waals surface area contributed by atoms with Gasteiger partial charge in [0.1, 0.15) is 6.10 Å². The van der Waals surface area contributed by atoms with Crippen LogP contribution in [0.15, 0.2) is 12.2 Å². The summed E-state index contributed by atoms with van der Waals surface area (Å²) in [5.74, 6) is 0.732. The van der Waals surface area contributed by atoms with Gasteiger partial charge in [-0.15, -0.1) is 0 Å². The van der Waals surface area contributed by atoms with Crippen molar-refractivity contribution < 1.29 is 24.2 Å². The second kappa shape index (κ2) is 13.3. The number of allylic oxidation sites excluding steroid dienone is 1. The predicted octanol–water partition coefficient (Wildman–Crippen LogP) is 9.68. The Morgan fingerprint density at radius 3 is 2.11 bits per heavy atom. The normalized spacial score (nSPS) is 45.4. The fraction of sp³-hybridized carbons (Fsp3) is 0.894. The maximum absolute atomic E-state index is 14.9. The van der Waals surface area contributed by atoms with E-state index >= 15 is 0 Å². The SMILES string of the molecule is C=C(C)[C@@H]1CC[C@]2(C(=O)NC(C)(C)CN3CCCCC3)CC[C@]3(C)[C@H](CC[C@@H]4[C@@]5(C)CC[C@H](OC(=O)[C@H]6C[C@@H](C(=O)O)C6(C)C)C(C)(C)[C@@H]5CC[C@]43C)[C@@H]12. The van der Waals surface area contributed by atoms with Crippen LogP contribution >= 0.6 is 0 Å². The first kappa shape index (κ1) is 40.3. The van der Waals surface area contributed by atoms with E-state index in [0.29, 0.717) is 41.9 Å². The molecular weight excluding hydrogens is 673 g/mol. The van der Waals surface area contributed by atoms with E-state index in [1.807, 2.05) is 13.8 Å². The van der Waals surface area contributed by atoms with E-state index in [4.69, 9.17) is 4.74 Å². The van der Waals surface area contributed by atoms with Crippen LogP contribution in [0, 0.1) is 73.9 Å². The predicted molar refractivity (Wildman–Crippen MR) is 214 cm³/mol. The molecule has 1 heterocycles. The minimum absolute atomic E-state index is 0.143. The molecule has 0 spiro atoms. The fourth-order valence-corrected chi connectivity index (χ4v) is 15.8. The Morgan fingerprint density at radius 1 is 0.796 bits per heavy atom. The minimum Gasteiger partial charge on any atom is -0.481 e. The molecule has 12 atom stereocenters. The number of fused-ring (bicyclic) bond motifs is 7. The molecule has 54 heavy (non-hydrogen) atoms. The number of nitrogens with one attached hydrogen (secondary N) is 1. The van der Waals surface area contributed by atoms with Crippen molar-refractivity contribution in [2.24, 2.45) is 73.9 Å². The Balaban J connectivity index is 1.11. The molecule has 1 aliphatic heterocycles. The molecule has 6 saturated carbocycles. The smallest absolute Gasteiger partial charge is 0.309 e. The van der Waals surface area contributed by atoms with E-state index in [-0.39, 0.29) is 50.6 Å². The second-order valence-corrected chi connectivity index (χ2v) is 22.8. The number of aliphatic carboxylic acids is 1. The van der Waals surface area contributed by atoms with Crippen LogP contribution in [-0.4, -0.2) is 59.1 Å². The summed E-state index contributed by atoms with van der Waals surface area (Å²) >= 11 is 0. The third-order valence-electron chi connectivity index (χ3n) is 19.1. The van der Waals surface area contributed by atoms with E-state index in [9.17, 15) is 19.5 Å². The van der Waals surface area contributed by atoms with E-state index in [0.717, 1.165) is 64.6 Å². The molecule has 0 unspecified atom stereocenters. The number of hydrogen-bond acceptors (Lipinski definition) is 5. The molecule has 7 heteroatoms. The highest BCUT2D eigenvalue weighted by Gasteiger charge is 2.72. The van der Waals surface area contributed by atoms with Gasteiger partial charge in [0, 0.05) is 17.5 Å². The van der Waals surface area contributed by atoms with Gasteiger partial charge in [0.05, 0.1) is 17.3 Å². The number of hydrogen-bond donors (Lipinski definition) is 2. The molecule has 7 rings (SSSR count). The number of carboxylic acids is 1. The molecule has 0 aromatic rings. The number of nitrogens with zero attached hydrogens (tertiary/aromatic N) is 1. The van der Waals surface area contributed by atoms with Gasteiger partial charge in [0.25, 0.3) is 0 Å². The first-order valence-corrected chi connectivity index (χ1v) is 22.2. The zero-order valence-electron chi connectivity index (χ0n) is 35.9. The van der Waals surface area contributed by atoms with Gasteiger partial charge >= 0.3 is 11.9 Å². The molecular formula is C47H76N2O5. The molecule has 0 aromatic carbocycles. The largest absolute Gasteiger partial charge is 0.481 e. The number of carbonyl (C=O) groups is 3. The standard InChI is InChI=1S/C47H76N2O5/c1-29(2)30-17-22-47(40(53)48-41(3,4)28-49-25-13-12-14-26-49)24-23-45(10)31(37(30)47)15-16-35-44(9)20-19-36(43(7,8)34(44)18-21-46(35,45)11)54-39(52)33-27-32(38(50)51)42(33,5)6/h30-37H,1,12-28H2,2-11H3,(H,48,53)(H,50,51)/t30-,31+,32-,33+,34-,35+,36-,37+,44-,45+,46+,47-/m0/s1. The monoisotopic (exact) mass is 749 g/mol. The molecule has 2 N–H and O–H groups in total. The third-order valence-corrected chi connectivity index (χ3v) is 19.1. The number of piperidine rings is 1. The van der Waals surface area contributed by atoms with Crippen LogP contribution < -0.4 is 5.32 Å². The van der Waals surface area contributed by atoms with E-state index in [1.165, 1.54) is 44.1 Å². The summed E-state index contributed by atoms with van der Waals surface area (Å²) in [6.45, 7) is 30.9. The summed E-state index contributed by atoms with van der Waals surface area (Å²) < 4.78 is 6.45. The lowest BCUT2D eigenvalue weighted by molar-refractivity contribution is -0.251. The Kier molecular flexibility index (Phi) is 9.95. The Bertz CT molecular complexity index is 1530. The maximum Gasteiger partial charge on any atom is 0.309 e. The number of amides is 1. The molecule has 0 radical (unpaired) electrons. The summed E-state index contributed by atoms with van der Waals surface area (Å²) in [6.07, 6.45) is 14.8. The molecule has 7 nitrogen and oxygen atoms in total. The summed E-state index contributed by atoms with van der Waals surface area (Å²) in [7, 11) is 0. The van der Waals surface area contributed by atoms with Gasteiger partial charge in [-0.2, -0.15) is 0 Å². The summed E-state index contributed by atoms with van der Waals surface area (Å²) in [5, 5.41) is 13.4. The Hall–Kier alpha value is -1.89. The van der Waals surface area contributed by atoms with Crippen LogP contribution in [0.2, 0.25) is 0 Å². The lowest BCUT2D eigenvalue weighted by Gasteiger charge is -2.73. The summed E-state index contributed by atoms with van der Waals surface area (Å²) in [6, 6.07) is 0. The molecule has 304 valence electrons. The van der Waals surface area contributed by atoms with Crippen molar-refractivity contribution >= 4 is 17.8 Å². The second-order valence-electron chi connectivity index (χ2n) is 22.8. The molecule has 7 aliphatic rings. The van der Waals surface area contributed by atoms with E-state index in [1.54, 1.807) is 0 Å². The first-order valence-electron chi connectivity index (χ1n) is 22.2. The maximum atomic E-state index is 14.9. The van der Waals surface area contributed by atoms with Gasteiger partial charge in [-0.05, 0) is 169 Å². The highest BCUT2D eigenvalue weighted by molar-refractivity contribution is 5.84. The average Bonchev–Trinajstić information content (AvgIpc) is 3.47. The number of likely N-dealkylation sites (tertiary alicyclic amines) is 1. The minimum atomic E-state index is -0.811. The van der Waals surface area contributed by atoms with Crippen molar-refractivity contribution in [3.05, 3.63) is 12.2 Å². The van der Waals surface area contributed by atoms with Crippen molar-refractivity contribution in [3.8, 4) is 0 Å². The molecule has 0 aromatic heterocycles. The average molecular weight is 749 g/mol. The first-order chi connectivity index (χ1) is 25.0. The molecule has 0 bridgehead atoms. The summed E-state index contributed by atoms with van der Waals surface area (Å²) in [5.41, 5.74) is 0.394. The zero-order chi connectivity index (χ0) is 39.4. The number of ether oxygens (including phenoxy) is 1. The number of esters is 1. The Labute approximate surface area is 327 Å². The number of carbonyl (C=O) groups excluding carboxylic acids is 2. The lowest BCUT2D eigenvalue weighted by Crippen LogP contribution is -2.68.